The number of hydrogen-bond acceptors (Lipinski definition) is 15. The monoisotopic (exact) mass is 1470 g/mol. The van der Waals surface area contributed by atoms with Crippen molar-refractivity contribution in [2.24, 2.45) is 0 Å². The summed E-state index contributed by atoms with van der Waals surface area (Å²) in [7, 11) is 0. The number of carbonyl (C=O) groups excluding carboxylic acids is 1. The third-order valence-corrected chi connectivity index (χ3v) is 18.4. The number of imidazole rings is 3. The zero-order chi connectivity index (χ0) is 76.6. The van der Waals surface area contributed by atoms with Crippen molar-refractivity contribution < 1.29 is 68.8 Å². The number of aromatic nitrogens is 12. The van der Waals surface area contributed by atoms with Crippen molar-refractivity contribution in [1.82, 2.24) is 73.2 Å². The summed E-state index contributed by atoms with van der Waals surface area (Å²) in [6.45, 7) is 16.1. The second-order valence-electron chi connectivity index (χ2n) is 27.3. The molecule has 3 aliphatic heterocycles. The number of rotatable bonds is 7. The predicted molar refractivity (Wildman–Crippen MR) is 374 cm³/mol. The lowest BCUT2D eigenvalue weighted by Crippen LogP contribution is -2.46. The summed E-state index contributed by atoms with van der Waals surface area (Å²) in [5.74, 6) is -4.67. The number of nitrogens with zero attached hydrogens (tertiary/aromatic N) is 11. The molecule has 3 aliphatic rings. The molecule has 12 aromatic rings. The average Bonchev–Trinajstić information content (AvgIpc) is 0.862. The number of ether oxygens (including phenoxy) is 1. The summed E-state index contributed by atoms with van der Waals surface area (Å²) >= 11 is 0. The lowest BCUT2D eigenvalue weighted by atomic mass is 9.91. The number of carboxylic acid groups (broad SMARTS) is 2. The predicted octanol–water partition coefficient (Wildman–Crippen LogP) is 12.3. The second kappa shape index (κ2) is 30.0. The molecule has 0 atom stereocenters. The topological polar surface area (TPSA) is 309 Å². The van der Waals surface area contributed by atoms with Gasteiger partial charge in [0.25, 0.3) is 29.6 Å². The Morgan fingerprint density at radius 3 is 1.07 bits per heavy atom. The first kappa shape index (κ1) is 75.8. The minimum Gasteiger partial charge on any atom is -0.483 e. The van der Waals surface area contributed by atoms with Crippen LogP contribution < -0.4 is 22.0 Å². The Morgan fingerprint density at radius 1 is 0.472 bits per heavy atom. The molecule has 0 saturated carbocycles. The molecule has 12 heterocycles. The van der Waals surface area contributed by atoms with E-state index in [1.54, 1.807) is 78.7 Å². The molecule has 33 heteroatoms. The highest BCUT2D eigenvalue weighted by Crippen LogP contribution is 2.40. The van der Waals surface area contributed by atoms with Crippen molar-refractivity contribution in [1.29, 1.82) is 0 Å². The van der Waals surface area contributed by atoms with Crippen LogP contribution in [0.5, 0.6) is 0 Å². The number of fused-ring (bicyclic) bond motifs is 6. The number of alkyl halides is 3. The van der Waals surface area contributed by atoms with Crippen LogP contribution in [0.3, 0.4) is 0 Å². The maximum atomic E-state index is 15.9. The number of amides is 1. The number of benzene rings is 3. The van der Waals surface area contributed by atoms with E-state index in [1.165, 1.54) is 66.6 Å². The average molecular weight is 1470 g/mol. The van der Waals surface area contributed by atoms with Crippen LogP contribution in [0.4, 0.5) is 44.3 Å². The number of H-pyrrole nitrogens is 3. The van der Waals surface area contributed by atoms with Crippen LogP contribution >= 0.6 is 0 Å². The molecule has 24 nitrogen and oxygen atoms in total. The van der Waals surface area contributed by atoms with E-state index in [4.69, 9.17) is 24.5 Å². The first-order chi connectivity index (χ1) is 50.1. The highest BCUT2D eigenvalue weighted by atomic mass is 19.2. The Morgan fingerprint density at radius 2 is 0.764 bits per heavy atom. The molecule has 3 fully saturated rings. The van der Waals surface area contributed by atoms with E-state index in [-0.39, 0.29) is 137 Å². The lowest BCUT2D eigenvalue weighted by molar-refractivity contribution is -0.123. The Balaban J connectivity index is 0.000000153. The van der Waals surface area contributed by atoms with E-state index < -0.39 is 80.3 Å². The van der Waals surface area contributed by atoms with E-state index in [1.807, 2.05) is 13.8 Å². The minimum atomic E-state index is -2.05. The normalized spacial score (nSPS) is 15.7. The molecule has 106 heavy (non-hydrogen) atoms. The highest BCUT2D eigenvalue weighted by molar-refractivity contribution is 5.87. The highest BCUT2D eigenvalue weighted by Gasteiger charge is 2.43. The van der Waals surface area contributed by atoms with E-state index in [2.05, 4.69) is 55.1 Å². The van der Waals surface area contributed by atoms with Crippen LogP contribution in [0.2, 0.25) is 0 Å². The zero-order valence-electron chi connectivity index (χ0n) is 58.5. The number of likely N-dealkylation sites (tertiary alicyclic amines) is 2. The maximum Gasteiger partial charge on any atom is 0.410 e. The summed E-state index contributed by atoms with van der Waals surface area (Å²) < 4.78 is 145. The third kappa shape index (κ3) is 15.8. The van der Waals surface area contributed by atoms with Crippen LogP contribution in [0.1, 0.15) is 108 Å². The minimum absolute atomic E-state index is 0.0146. The number of hydrogen-bond donors (Lipinski definition) is 6. The van der Waals surface area contributed by atoms with Crippen LogP contribution in [0, 0.1) is 55.7 Å². The van der Waals surface area contributed by atoms with Crippen molar-refractivity contribution in [3.05, 3.63) is 192 Å². The Labute approximate surface area is 596 Å². The molecule has 3 aromatic carbocycles. The lowest BCUT2D eigenvalue weighted by Gasteiger charge is -2.37. The van der Waals surface area contributed by atoms with Gasteiger partial charge in [0.2, 0.25) is 0 Å². The zero-order valence-corrected chi connectivity index (χ0v) is 58.5. The Bertz CT molecular complexity index is 5570. The van der Waals surface area contributed by atoms with Crippen LogP contribution in [0.15, 0.2) is 106 Å². The molecular formula is C73H72F9N15O9. The van der Waals surface area contributed by atoms with Crippen LogP contribution in [-0.4, -0.2) is 148 Å². The van der Waals surface area contributed by atoms with E-state index in [9.17, 15) is 36.7 Å². The fourth-order valence-electron chi connectivity index (χ4n) is 13.0. The third-order valence-electron chi connectivity index (χ3n) is 18.4. The van der Waals surface area contributed by atoms with Crippen molar-refractivity contribution >= 4 is 68.7 Å². The van der Waals surface area contributed by atoms with Gasteiger partial charge in [0, 0.05) is 125 Å². The number of nitrogens with one attached hydrogen (secondary N) is 4. The van der Waals surface area contributed by atoms with Crippen LogP contribution in [0.25, 0.3) is 83.0 Å². The standard InChI is InChI=1S/C26H26F3N5O3.C24H24F3N5O.C21H18F3N5O.2CH2O2/c1-14-12-34-13-16(11-19(28)21(34)30-14)15-9-17-20(18(27)10-15)31-23(32-22(17)35)26(29)5-7-33(8-6-26)24(36)37-25(2,3)4;1-13(2)31-6-4-24(27,5-7-31)23-29-20-17(22(33)30-23)8-15(9-18(20)25)16-10-19(26)21-28-14(3)11-32(21)12-16;1-11-9-29-10-13(8-16(23)18(29)26-11)12-6-14-17(15(22)7-12)27-20(28-19(14)30)21(24)2-4-25-5-3-21;2*2-1-3/h9-13H,5-8H2,1-4H3,(H,31,32,35);8-13H,4-7H2,1-3H3,(H,29,30,33);6-10,25H,2-5H2,1H3,(H,27,28,30);2*1H,(H,2,3). The molecule has 6 N–H and O–H groups in total. The van der Waals surface area contributed by atoms with Crippen molar-refractivity contribution in [2.75, 3.05) is 39.3 Å². The van der Waals surface area contributed by atoms with Crippen molar-refractivity contribution in [3.8, 4) is 33.4 Å². The van der Waals surface area contributed by atoms with E-state index in [0.717, 1.165) is 6.07 Å². The first-order valence-electron chi connectivity index (χ1n) is 33.5. The van der Waals surface area contributed by atoms with Gasteiger partial charge in [0.15, 0.2) is 51.4 Å². The van der Waals surface area contributed by atoms with Gasteiger partial charge in [-0.25, -0.2) is 74.2 Å². The number of carbonyl (C=O) groups is 3. The summed E-state index contributed by atoms with van der Waals surface area (Å²) in [6.07, 6.45) is 9.57. The fourth-order valence-corrected chi connectivity index (χ4v) is 13.0. The van der Waals surface area contributed by atoms with Gasteiger partial charge in [-0.1, -0.05) is 0 Å². The van der Waals surface area contributed by atoms with Gasteiger partial charge in [0.05, 0.1) is 33.2 Å². The Hall–Kier alpha value is -11.4. The largest absolute Gasteiger partial charge is 0.483 e. The van der Waals surface area contributed by atoms with Gasteiger partial charge in [0.1, 0.15) is 57.1 Å². The van der Waals surface area contributed by atoms with Crippen molar-refractivity contribution in [2.45, 2.75) is 123 Å². The quantitative estimate of drug-likeness (QED) is 0.0638. The van der Waals surface area contributed by atoms with E-state index >= 15 is 22.0 Å². The molecule has 9 aromatic heterocycles. The second-order valence-corrected chi connectivity index (χ2v) is 27.3. The van der Waals surface area contributed by atoms with Gasteiger partial charge in [-0.2, -0.15) is 0 Å². The molecule has 3 saturated heterocycles. The van der Waals surface area contributed by atoms with Crippen LogP contribution in [-0.2, 0) is 31.3 Å². The van der Waals surface area contributed by atoms with Gasteiger partial charge in [-0.05, 0) is 140 Å². The number of piperidine rings is 3. The molecule has 0 aliphatic carbocycles. The molecule has 0 unspecified atom stereocenters. The SMILES string of the molecule is Cc1cn2cc(-c3cc(F)c4nc(C5(F)CCN(C(=O)OC(C)(C)C)CC5)[nH]c(=O)c4c3)cc(F)c2n1.Cc1cn2cc(-c3cc(F)c4nc(C5(F)CCN(C(C)C)CC5)[nH]c(=O)c4c3)cc(F)c2n1.Cc1cn2cc(-c3cc(F)c4nc(C5(F)CCNCC5)[nH]c(=O)c4c3)cc(F)c2n1.O=CO.O=CO. The molecule has 556 valence electrons. The number of aryl methyl sites for hydroxylation is 3. The molecular weight excluding hydrogens is 1400 g/mol. The van der Waals surface area contributed by atoms with Gasteiger partial charge < -0.3 is 58.2 Å². The van der Waals surface area contributed by atoms with Gasteiger partial charge >= 0.3 is 6.09 Å². The Kier molecular flexibility index (Phi) is 21.5. The number of halogens is 9. The summed E-state index contributed by atoms with van der Waals surface area (Å²) in [5.41, 5.74) is -4.68. The van der Waals surface area contributed by atoms with E-state index in [0.29, 0.717) is 77.1 Å². The molecule has 15 rings (SSSR count). The smallest absolute Gasteiger partial charge is 0.410 e. The number of aromatic amines is 3. The molecule has 0 radical (unpaired) electrons. The number of pyridine rings is 3. The van der Waals surface area contributed by atoms with Gasteiger partial charge in [-0.15, -0.1) is 0 Å². The fraction of sp³-hybridized carbons (Fsp3) is 0.342. The van der Waals surface area contributed by atoms with Crippen molar-refractivity contribution in [3.63, 3.8) is 0 Å². The summed E-state index contributed by atoms with van der Waals surface area (Å²) in [6, 6.07) is 11.8. The molecule has 0 spiro atoms. The summed E-state index contributed by atoms with van der Waals surface area (Å²) in [4.78, 5) is 103. The molecule has 1 amide bonds. The molecule has 0 bridgehead atoms. The van der Waals surface area contributed by atoms with Gasteiger partial charge in [-0.3, -0.25) is 24.0 Å². The summed E-state index contributed by atoms with van der Waals surface area (Å²) in [5, 5.41) is 16.7. The first-order valence-corrected chi connectivity index (χ1v) is 33.5. The maximum absolute atomic E-state index is 15.9.